The molecule has 43 heavy (non-hydrogen) atoms. The summed E-state index contributed by atoms with van der Waals surface area (Å²) in [6, 6.07) is 10.1. The van der Waals surface area contributed by atoms with Gasteiger partial charge >= 0.3 is 11.9 Å². The molecule has 228 valence electrons. The summed E-state index contributed by atoms with van der Waals surface area (Å²) in [6.07, 6.45) is 0. The highest BCUT2D eigenvalue weighted by Gasteiger charge is 2.58. The van der Waals surface area contributed by atoms with Gasteiger partial charge in [-0.3, -0.25) is 9.69 Å². The fourth-order valence-corrected chi connectivity index (χ4v) is 8.31. The fourth-order valence-electron chi connectivity index (χ4n) is 5.44. The number of para-hydroxylation sites is 1. The van der Waals surface area contributed by atoms with E-state index in [2.05, 4.69) is 4.98 Å². The van der Waals surface area contributed by atoms with E-state index >= 15 is 0 Å². The lowest BCUT2D eigenvalue weighted by Gasteiger charge is -2.47. The predicted molar refractivity (Wildman–Crippen MR) is 156 cm³/mol. The summed E-state index contributed by atoms with van der Waals surface area (Å²) in [7, 11) is -4.91. The molecular formula is C28H30N4O9S2. The summed E-state index contributed by atoms with van der Waals surface area (Å²) in [5.41, 5.74) is 7.28. The van der Waals surface area contributed by atoms with E-state index in [9.17, 15) is 36.3 Å². The summed E-state index contributed by atoms with van der Waals surface area (Å²) < 4.78 is 57.4. The Morgan fingerprint density at radius 3 is 2.40 bits per heavy atom. The van der Waals surface area contributed by atoms with Crippen LogP contribution in [-0.2, 0) is 34.2 Å². The number of H-pyrrole nitrogens is 1. The van der Waals surface area contributed by atoms with Gasteiger partial charge in [-0.1, -0.05) is 44.2 Å². The Bertz CT molecular complexity index is 1930. The number of nitrogens with two attached hydrogens (primary N) is 1. The van der Waals surface area contributed by atoms with Gasteiger partial charge in [0.25, 0.3) is 0 Å². The number of benzene rings is 2. The monoisotopic (exact) mass is 630 g/mol. The smallest absolute Gasteiger partial charge is 0.355 e. The molecule has 2 atom stereocenters. The lowest BCUT2D eigenvalue weighted by molar-refractivity contribution is -0.148. The minimum absolute atomic E-state index is 0.00221. The maximum atomic E-state index is 13.6. The maximum absolute atomic E-state index is 13.6. The Hall–Kier alpha value is -4.05. The Kier molecular flexibility index (Phi) is 7.49. The first-order valence-corrected chi connectivity index (χ1v) is 16.3. The van der Waals surface area contributed by atoms with Crippen molar-refractivity contribution in [3.63, 3.8) is 0 Å². The topological polar surface area (TPSA) is 197 Å². The second-order valence-electron chi connectivity index (χ2n) is 10.9. The van der Waals surface area contributed by atoms with Crippen molar-refractivity contribution in [2.45, 2.75) is 36.1 Å². The van der Waals surface area contributed by atoms with Crippen molar-refractivity contribution < 1.29 is 41.1 Å². The molecule has 0 unspecified atom stereocenters. The standard InChI is InChI=1S/C28H30N4O9S2/c1-14(2)18-6-5-7-19-20(15-8-10-17(11-9-15)43(39,40)31(3)4)23(30-22(18)19)28(36)41-12-16-13-42(37,38)26-21(29)25(33)32(26)24(16)27(34)35/h5-11,14,21,26,30H,12-13,29H2,1-4H3,(H,34,35)/t21-,26-/m1/s1. The van der Waals surface area contributed by atoms with Gasteiger partial charge in [0, 0.05) is 30.6 Å². The Balaban J connectivity index is 1.57. The van der Waals surface area contributed by atoms with Crippen LogP contribution in [0.3, 0.4) is 0 Å². The summed E-state index contributed by atoms with van der Waals surface area (Å²) >= 11 is 0. The highest BCUT2D eigenvalue weighted by atomic mass is 32.2. The number of carbonyl (C=O) groups excluding carboxylic acids is 2. The zero-order valence-electron chi connectivity index (χ0n) is 23.7. The summed E-state index contributed by atoms with van der Waals surface area (Å²) in [4.78, 5) is 41.7. The first kappa shape index (κ1) is 30.4. The minimum Gasteiger partial charge on any atom is -0.477 e. The van der Waals surface area contributed by atoms with Gasteiger partial charge in [0.1, 0.15) is 24.0 Å². The first-order valence-electron chi connectivity index (χ1n) is 13.2. The first-order chi connectivity index (χ1) is 20.1. The summed E-state index contributed by atoms with van der Waals surface area (Å²) in [5.74, 6) is -3.99. The molecule has 1 saturated heterocycles. The van der Waals surface area contributed by atoms with Gasteiger partial charge in [0.2, 0.25) is 15.9 Å². The van der Waals surface area contributed by atoms with Crippen molar-refractivity contribution in [2.75, 3.05) is 26.5 Å². The number of nitrogens with one attached hydrogen (secondary N) is 1. The molecular weight excluding hydrogens is 600 g/mol. The van der Waals surface area contributed by atoms with E-state index in [4.69, 9.17) is 10.5 Å². The minimum atomic E-state index is -4.04. The number of hydrogen-bond donors (Lipinski definition) is 3. The molecule has 2 aromatic carbocycles. The number of aliphatic carboxylic acids is 1. The van der Waals surface area contributed by atoms with Gasteiger partial charge in [0.15, 0.2) is 15.2 Å². The van der Waals surface area contributed by atoms with E-state index in [1.165, 1.54) is 26.2 Å². The quantitative estimate of drug-likeness (QED) is 0.243. The van der Waals surface area contributed by atoms with Crippen LogP contribution in [0, 0.1) is 0 Å². The molecule has 1 amide bonds. The molecule has 1 aromatic heterocycles. The number of sulfonamides is 1. The number of carbonyl (C=O) groups is 3. The molecule has 13 nitrogen and oxygen atoms in total. The third kappa shape index (κ3) is 4.91. The van der Waals surface area contributed by atoms with Gasteiger partial charge in [-0.05, 0) is 29.2 Å². The highest BCUT2D eigenvalue weighted by molar-refractivity contribution is 7.92. The van der Waals surface area contributed by atoms with Crippen molar-refractivity contribution in [1.82, 2.24) is 14.2 Å². The average molecular weight is 631 g/mol. The molecule has 0 radical (unpaired) electrons. The zero-order chi connectivity index (χ0) is 31.6. The third-order valence-electron chi connectivity index (χ3n) is 7.60. The molecule has 0 saturated carbocycles. The van der Waals surface area contributed by atoms with Crippen molar-refractivity contribution in [2.24, 2.45) is 5.73 Å². The van der Waals surface area contributed by atoms with Gasteiger partial charge < -0.3 is 20.6 Å². The largest absolute Gasteiger partial charge is 0.477 e. The molecule has 1 fully saturated rings. The number of carboxylic acids is 1. The van der Waals surface area contributed by atoms with E-state index in [1.54, 1.807) is 18.2 Å². The number of sulfone groups is 1. The third-order valence-corrected chi connectivity index (χ3v) is 11.4. The fraction of sp³-hybridized carbons (Fsp3) is 0.321. The van der Waals surface area contributed by atoms with E-state index in [0.717, 1.165) is 9.87 Å². The van der Waals surface area contributed by atoms with Crippen LogP contribution < -0.4 is 5.73 Å². The van der Waals surface area contributed by atoms with Crippen LogP contribution in [0.25, 0.3) is 22.0 Å². The van der Waals surface area contributed by atoms with Crippen LogP contribution in [0.2, 0.25) is 0 Å². The molecule has 0 aliphatic carbocycles. The number of nitrogens with zero attached hydrogens (tertiary/aromatic N) is 2. The Morgan fingerprint density at radius 2 is 1.81 bits per heavy atom. The molecule has 2 aliphatic rings. The Morgan fingerprint density at radius 1 is 1.16 bits per heavy atom. The molecule has 0 bridgehead atoms. The van der Waals surface area contributed by atoms with E-state index in [-0.39, 0.29) is 22.1 Å². The SMILES string of the molecule is CC(C)c1cccc2c(-c3ccc(S(=O)(=O)N(C)C)cc3)c(C(=O)OCC3=C(C(=O)O)N4C(=O)[C@@H](N)[C@H]4S(=O)(=O)C3)[nH]c12. The summed E-state index contributed by atoms with van der Waals surface area (Å²) in [5, 5.41) is 8.97. The van der Waals surface area contributed by atoms with Crippen molar-refractivity contribution >= 4 is 48.6 Å². The molecule has 3 heterocycles. The van der Waals surface area contributed by atoms with Crippen molar-refractivity contribution in [3.05, 3.63) is 65.0 Å². The number of fused-ring (bicyclic) bond motifs is 2. The number of hydrogen-bond acceptors (Lipinski definition) is 9. The zero-order valence-corrected chi connectivity index (χ0v) is 25.3. The van der Waals surface area contributed by atoms with Crippen LogP contribution >= 0.6 is 0 Å². The summed E-state index contributed by atoms with van der Waals surface area (Å²) in [6.45, 7) is 3.25. The van der Waals surface area contributed by atoms with Crippen LogP contribution in [0.1, 0.15) is 35.8 Å². The number of esters is 1. The predicted octanol–water partition coefficient (Wildman–Crippen LogP) is 1.63. The molecule has 2 aliphatic heterocycles. The van der Waals surface area contributed by atoms with Gasteiger partial charge in [0.05, 0.1) is 16.2 Å². The van der Waals surface area contributed by atoms with Gasteiger partial charge in [-0.2, -0.15) is 0 Å². The number of aromatic nitrogens is 1. The number of ether oxygens (including phenoxy) is 1. The van der Waals surface area contributed by atoms with Crippen LogP contribution in [0.4, 0.5) is 0 Å². The van der Waals surface area contributed by atoms with Gasteiger partial charge in [-0.25, -0.2) is 30.7 Å². The van der Waals surface area contributed by atoms with E-state index in [1.807, 2.05) is 26.0 Å². The lowest BCUT2D eigenvalue weighted by Crippen LogP contribution is -2.73. The second-order valence-corrected chi connectivity index (χ2v) is 15.1. The molecule has 0 spiro atoms. The van der Waals surface area contributed by atoms with Gasteiger partial charge in [-0.15, -0.1) is 0 Å². The highest BCUT2D eigenvalue weighted by Crippen LogP contribution is 2.38. The van der Waals surface area contributed by atoms with E-state index in [0.29, 0.717) is 26.9 Å². The Labute approximate surface area is 247 Å². The number of rotatable bonds is 8. The van der Waals surface area contributed by atoms with Crippen LogP contribution in [-0.4, -0.2) is 91.8 Å². The number of aromatic amines is 1. The molecule has 5 rings (SSSR count). The molecule has 3 aromatic rings. The molecule has 15 heteroatoms. The van der Waals surface area contributed by atoms with Crippen molar-refractivity contribution in [1.29, 1.82) is 0 Å². The number of β-lactam (4-membered cyclic amide) rings is 1. The normalized spacial score (nSPS) is 20.0. The lowest BCUT2D eigenvalue weighted by atomic mass is 9.97. The van der Waals surface area contributed by atoms with E-state index < -0.39 is 67.2 Å². The average Bonchev–Trinajstić information content (AvgIpc) is 3.34. The van der Waals surface area contributed by atoms with Crippen LogP contribution in [0.5, 0.6) is 0 Å². The van der Waals surface area contributed by atoms with Crippen molar-refractivity contribution in [3.8, 4) is 11.1 Å². The van der Waals surface area contributed by atoms with Crippen LogP contribution in [0.15, 0.2) is 58.6 Å². The number of carboxylic acid groups (broad SMARTS) is 1. The number of amides is 1. The second kappa shape index (κ2) is 10.6. The molecule has 4 N–H and O–H groups in total. The maximum Gasteiger partial charge on any atom is 0.355 e.